The number of rotatable bonds is 4. The summed E-state index contributed by atoms with van der Waals surface area (Å²) in [6.45, 7) is 3.71. The topological polar surface area (TPSA) is 97.8 Å². The molecule has 2 aromatic heterocycles. The number of hydrogen-bond donors (Lipinski definition) is 1. The molecule has 0 aromatic carbocycles. The maximum absolute atomic E-state index is 12.7. The second-order valence-corrected chi connectivity index (χ2v) is 6.13. The molecule has 0 aliphatic carbocycles. The van der Waals surface area contributed by atoms with E-state index in [2.05, 4.69) is 5.10 Å². The molecule has 134 valence electrons. The molecule has 1 saturated heterocycles. The van der Waals surface area contributed by atoms with Crippen molar-refractivity contribution in [3.63, 3.8) is 0 Å². The lowest BCUT2D eigenvalue weighted by molar-refractivity contribution is -0.135. The summed E-state index contributed by atoms with van der Waals surface area (Å²) in [4.78, 5) is 26.4. The van der Waals surface area contributed by atoms with Crippen LogP contribution in [0.15, 0.2) is 27.7 Å². The molecule has 1 aliphatic rings. The number of aryl methyl sites for hydroxylation is 2. The van der Waals surface area contributed by atoms with E-state index in [1.54, 1.807) is 35.9 Å². The summed E-state index contributed by atoms with van der Waals surface area (Å²) in [7, 11) is 1.76. The summed E-state index contributed by atoms with van der Waals surface area (Å²) < 4.78 is 12.5. The van der Waals surface area contributed by atoms with Crippen LogP contribution in [0.25, 0.3) is 0 Å². The zero-order valence-corrected chi connectivity index (χ0v) is 14.3. The Morgan fingerprint density at radius 3 is 2.76 bits per heavy atom. The molecule has 8 heteroatoms. The van der Waals surface area contributed by atoms with Gasteiger partial charge < -0.3 is 19.2 Å². The molecule has 3 rings (SSSR count). The van der Waals surface area contributed by atoms with Gasteiger partial charge in [0.2, 0.25) is 17.1 Å². The highest BCUT2D eigenvalue weighted by molar-refractivity contribution is 5.77. The zero-order chi connectivity index (χ0) is 18.0. The van der Waals surface area contributed by atoms with Gasteiger partial charge >= 0.3 is 0 Å². The predicted molar refractivity (Wildman–Crippen MR) is 88.4 cm³/mol. The van der Waals surface area contributed by atoms with Crippen LogP contribution in [0, 0.1) is 6.92 Å². The van der Waals surface area contributed by atoms with Crippen molar-refractivity contribution >= 4 is 5.91 Å². The van der Waals surface area contributed by atoms with Crippen molar-refractivity contribution in [3.05, 3.63) is 45.8 Å². The fourth-order valence-electron chi connectivity index (χ4n) is 2.96. The third kappa shape index (κ3) is 3.74. The van der Waals surface area contributed by atoms with Crippen LogP contribution in [0.1, 0.15) is 29.4 Å². The number of nitrogens with zero attached hydrogens (tertiary/aromatic N) is 3. The van der Waals surface area contributed by atoms with Gasteiger partial charge in [0.25, 0.3) is 0 Å². The molecule has 0 saturated carbocycles. The molecule has 2 aromatic rings. The third-order valence-electron chi connectivity index (χ3n) is 4.26. The van der Waals surface area contributed by atoms with Crippen LogP contribution in [0.4, 0.5) is 0 Å². The van der Waals surface area contributed by atoms with Crippen LogP contribution in [0.2, 0.25) is 0 Å². The lowest BCUT2D eigenvalue weighted by atomic mass is 9.94. The fraction of sp³-hybridized carbons (Fsp3) is 0.471. The van der Waals surface area contributed by atoms with Gasteiger partial charge in [0.15, 0.2) is 5.76 Å². The van der Waals surface area contributed by atoms with Crippen molar-refractivity contribution < 1.29 is 19.1 Å². The number of hydrogen-bond acceptors (Lipinski definition) is 6. The zero-order valence-electron chi connectivity index (χ0n) is 14.3. The first kappa shape index (κ1) is 17.2. The van der Waals surface area contributed by atoms with Gasteiger partial charge in [-0.05, 0) is 6.92 Å². The highest BCUT2D eigenvalue weighted by Crippen LogP contribution is 2.33. The monoisotopic (exact) mass is 347 g/mol. The molecule has 1 fully saturated rings. The molecule has 1 N–H and O–H groups in total. The predicted octanol–water partition coefficient (Wildman–Crippen LogP) is 0.768. The van der Waals surface area contributed by atoms with E-state index in [0.29, 0.717) is 37.6 Å². The summed E-state index contributed by atoms with van der Waals surface area (Å²) in [6, 6.07) is 1.23. The Hall–Kier alpha value is -2.61. The van der Waals surface area contributed by atoms with E-state index in [1.165, 1.54) is 6.07 Å². The van der Waals surface area contributed by atoms with Crippen molar-refractivity contribution in [2.24, 2.45) is 7.05 Å². The van der Waals surface area contributed by atoms with Crippen LogP contribution in [-0.2, 0) is 16.6 Å². The Morgan fingerprint density at radius 2 is 2.12 bits per heavy atom. The molecule has 0 unspecified atom stereocenters. The van der Waals surface area contributed by atoms with Gasteiger partial charge in [-0.1, -0.05) is 0 Å². The van der Waals surface area contributed by atoms with Crippen molar-refractivity contribution in [1.29, 1.82) is 0 Å². The van der Waals surface area contributed by atoms with Gasteiger partial charge in [0, 0.05) is 44.4 Å². The van der Waals surface area contributed by atoms with E-state index < -0.39 is 17.1 Å². The molecular formula is C17H21N3O5. The first-order valence-corrected chi connectivity index (χ1v) is 8.13. The van der Waals surface area contributed by atoms with Gasteiger partial charge in [0.05, 0.1) is 25.3 Å². The SMILES string of the molecule is Cc1cc(=O)c(O)c([C@H](CC(=O)N2CCOCC2)c2cnn(C)c2)o1. The molecule has 3 heterocycles. The van der Waals surface area contributed by atoms with E-state index in [1.807, 2.05) is 0 Å². The van der Waals surface area contributed by atoms with Crippen molar-refractivity contribution in [2.75, 3.05) is 26.3 Å². The number of morpholine rings is 1. The summed E-state index contributed by atoms with van der Waals surface area (Å²) in [5, 5.41) is 14.3. The Bertz CT molecular complexity index is 820. The highest BCUT2D eigenvalue weighted by Gasteiger charge is 2.29. The Balaban J connectivity index is 1.96. The molecule has 1 aliphatic heterocycles. The maximum atomic E-state index is 12.7. The fourth-order valence-corrected chi connectivity index (χ4v) is 2.96. The molecular weight excluding hydrogens is 326 g/mol. The standard InChI is InChI=1S/C17H21N3O5/c1-11-7-14(21)16(23)17(25-11)13(12-9-18-19(2)10-12)8-15(22)20-3-5-24-6-4-20/h7,9-10,13,23H,3-6,8H2,1-2H3/t13-/m1/s1. The van der Waals surface area contributed by atoms with Crippen molar-refractivity contribution in [2.45, 2.75) is 19.3 Å². The second-order valence-electron chi connectivity index (χ2n) is 6.13. The molecule has 25 heavy (non-hydrogen) atoms. The number of aromatic hydroxyl groups is 1. The lowest BCUT2D eigenvalue weighted by Crippen LogP contribution is -2.41. The molecule has 0 radical (unpaired) electrons. The average molecular weight is 347 g/mol. The van der Waals surface area contributed by atoms with E-state index in [9.17, 15) is 14.7 Å². The first-order chi connectivity index (χ1) is 12.0. The van der Waals surface area contributed by atoms with Gasteiger partial charge in [-0.3, -0.25) is 14.3 Å². The largest absolute Gasteiger partial charge is 0.502 e. The van der Waals surface area contributed by atoms with Crippen LogP contribution in [0.5, 0.6) is 5.75 Å². The van der Waals surface area contributed by atoms with Crippen LogP contribution in [-0.4, -0.2) is 52.0 Å². The van der Waals surface area contributed by atoms with Gasteiger partial charge in [-0.25, -0.2) is 0 Å². The van der Waals surface area contributed by atoms with Crippen LogP contribution >= 0.6 is 0 Å². The van der Waals surface area contributed by atoms with E-state index in [4.69, 9.17) is 9.15 Å². The Morgan fingerprint density at radius 1 is 1.40 bits per heavy atom. The summed E-state index contributed by atoms with van der Waals surface area (Å²) >= 11 is 0. The lowest BCUT2D eigenvalue weighted by Gasteiger charge is -2.28. The smallest absolute Gasteiger partial charge is 0.227 e. The number of aromatic nitrogens is 2. The molecule has 1 amide bonds. The Labute approximate surface area is 144 Å². The third-order valence-corrected chi connectivity index (χ3v) is 4.26. The van der Waals surface area contributed by atoms with Gasteiger partial charge in [-0.2, -0.15) is 5.10 Å². The van der Waals surface area contributed by atoms with E-state index >= 15 is 0 Å². The highest BCUT2D eigenvalue weighted by atomic mass is 16.5. The average Bonchev–Trinajstić information content (AvgIpc) is 3.03. The Kier molecular flexibility index (Phi) is 4.89. The molecule has 0 spiro atoms. The summed E-state index contributed by atoms with van der Waals surface area (Å²) in [5.41, 5.74) is 0.180. The van der Waals surface area contributed by atoms with Gasteiger partial charge in [-0.15, -0.1) is 0 Å². The van der Waals surface area contributed by atoms with Crippen LogP contribution < -0.4 is 5.43 Å². The molecule has 8 nitrogen and oxygen atoms in total. The molecule has 0 bridgehead atoms. The maximum Gasteiger partial charge on any atom is 0.227 e. The quantitative estimate of drug-likeness (QED) is 0.877. The van der Waals surface area contributed by atoms with E-state index in [0.717, 1.165) is 0 Å². The minimum atomic E-state index is -0.586. The number of carbonyl (C=O) groups excluding carboxylic acids is 1. The minimum Gasteiger partial charge on any atom is -0.502 e. The minimum absolute atomic E-state index is 0.0750. The van der Waals surface area contributed by atoms with Crippen molar-refractivity contribution in [1.82, 2.24) is 14.7 Å². The normalized spacial score (nSPS) is 16.0. The number of ether oxygens (including phenoxy) is 1. The van der Waals surface area contributed by atoms with Crippen LogP contribution in [0.3, 0.4) is 0 Å². The van der Waals surface area contributed by atoms with Gasteiger partial charge in [0.1, 0.15) is 5.76 Å². The van der Waals surface area contributed by atoms with E-state index in [-0.39, 0.29) is 18.1 Å². The summed E-state index contributed by atoms with van der Waals surface area (Å²) in [6.07, 6.45) is 3.43. The number of amides is 1. The second kappa shape index (κ2) is 7.10. The molecule has 1 atom stereocenters. The summed E-state index contributed by atoms with van der Waals surface area (Å²) in [5.74, 6) is -0.656. The van der Waals surface area contributed by atoms with Crippen molar-refractivity contribution in [3.8, 4) is 5.75 Å². The number of carbonyl (C=O) groups is 1. The first-order valence-electron chi connectivity index (χ1n) is 8.13.